The molecule has 2 heteroatoms. The molecular weight excluding hydrogens is 186 g/mol. The molecule has 0 radical (unpaired) electrons. The largest absolute Gasteiger partial charge is 0.303 e. The Morgan fingerprint density at radius 1 is 1.33 bits per heavy atom. The molecule has 0 aromatic rings. The van der Waals surface area contributed by atoms with Crippen LogP contribution >= 0.6 is 0 Å². The highest BCUT2D eigenvalue weighted by molar-refractivity contribution is 5.58. The lowest BCUT2D eigenvalue weighted by Gasteiger charge is -2.33. The van der Waals surface area contributed by atoms with Gasteiger partial charge in [0.25, 0.3) is 0 Å². The van der Waals surface area contributed by atoms with E-state index in [1.807, 2.05) is 13.8 Å². The fourth-order valence-corrected chi connectivity index (χ4v) is 1.64. The Bertz CT molecular complexity index is 177. The van der Waals surface area contributed by atoms with E-state index in [-0.39, 0.29) is 5.41 Å². The molecule has 0 fully saturated rings. The van der Waals surface area contributed by atoms with Crippen molar-refractivity contribution in [3.63, 3.8) is 0 Å². The molecule has 2 nitrogen and oxygen atoms in total. The van der Waals surface area contributed by atoms with Crippen LogP contribution in [0.2, 0.25) is 0 Å². The van der Waals surface area contributed by atoms with Crippen LogP contribution in [0.3, 0.4) is 0 Å². The molecule has 0 saturated heterocycles. The van der Waals surface area contributed by atoms with E-state index in [9.17, 15) is 4.79 Å². The standard InChI is InChI=1S/C13H27NO/c1-6-8-9-14(12(3)7-2)10-13(4,5)11-15/h11-12H,6-10H2,1-5H3. The van der Waals surface area contributed by atoms with Crippen molar-refractivity contribution < 1.29 is 4.79 Å². The van der Waals surface area contributed by atoms with Crippen LogP contribution in [0.5, 0.6) is 0 Å². The molecule has 1 atom stereocenters. The summed E-state index contributed by atoms with van der Waals surface area (Å²) in [6.07, 6.45) is 4.67. The van der Waals surface area contributed by atoms with E-state index < -0.39 is 0 Å². The molecule has 0 bridgehead atoms. The number of aldehydes is 1. The summed E-state index contributed by atoms with van der Waals surface area (Å²) in [6.45, 7) is 12.7. The van der Waals surface area contributed by atoms with Crippen molar-refractivity contribution >= 4 is 6.29 Å². The van der Waals surface area contributed by atoms with Crippen LogP contribution in [0, 0.1) is 5.41 Å². The quantitative estimate of drug-likeness (QED) is 0.577. The van der Waals surface area contributed by atoms with E-state index in [0.29, 0.717) is 6.04 Å². The van der Waals surface area contributed by atoms with Crippen LogP contribution in [0.25, 0.3) is 0 Å². The minimum atomic E-state index is -0.211. The second-order valence-corrected chi connectivity index (χ2v) is 5.19. The van der Waals surface area contributed by atoms with Gasteiger partial charge in [0, 0.05) is 18.0 Å². The van der Waals surface area contributed by atoms with Gasteiger partial charge in [0.1, 0.15) is 6.29 Å². The van der Waals surface area contributed by atoms with Gasteiger partial charge in [-0.3, -0.25) is 4.90 Å². The van der Waals surface area contributed by atoms with Gasteiger partial charge in [0.2, 0.25) is 0 Å². The monoisotopic (exact) mass is 213 g/mol. The SMILES string of the molecule is CCCCN(CC(C)(C)C=O)C(C)CC. The van der Waals surface area contributed by atoms with Crippen LogP contribution in [0.4, 0.5) is 0 Å². The summed E-state index contributed by atoms with van der Waals surface area (Å²) in [5, 5.41) is 0. The van der Waals surface area contributed by atoms with E-state index in [0.717, 1.165) is 25.8 Å². The fourth-order valence-electron chi connectivity index (χ4n) is 1.64. The lowest BCUT2D eigenvalue weighted by atomic mass is 9.94. The maximum absolute atomic E-state index is 10.9. The van der Waals surface area contributed by atoms with Crippen molar-refractivity contribution in [1.82, 2.24) is 4.90 Å². The zero-order valence-electron chi connectivity index (χ0n) is 11.0. The number of carbonyl (C=O) groups excluding carboxylic acids is 1. The average Bonchev–Trinajstić information content (AvgIpc) is 2.23. The topological polar surface area (TPSA) is 20.3 Å². The molecule has 0 aliphatic carbocycles. The van der Waals surface area contributed by atoms with Gasteiger partial charge >= 0.3 is 0 Å². The van der Waals surface area contributed by atoms with Gasteiger partial charge in [-0.1, -0.05) is 34.1 Å². The van der Waals surface area contributed by atoms with E-state index >= 15 is 0 Å². The van der Waals surface area contributed by atoms with Crippen molar-refractivity contribution in [2.24, 2.45) is 5.41 Å². The maximum Gasteiger partial charge on any atom is 0.126 e. The number of nitrogens with zero attached hydrogens (tertiary/aromatic N) is 1. The summed E-state index contributed by atoms with van der Waals surface area (Å²) in [6, 6.07) is 0.579. The molecule has 1 unspecified atom stereocenters. The van der Waals surface area contributed by atoms with Gasteiger partial charge in [0.05, 0.1) is 0 Å². The van der Waals surface area contributed by atoms with Crippen LogP contribution in [-0.2, 0) is 4.79 Å². The summed E-state index contributed by atoms with van der Waals surface area (Å²) < 4.78 is 0. The van der Waals surface area contributed by atoms with Crippen molar-refractivity contribution in [3.8, 4) is 0 Å². The van der Waals surface area contributed by atoms with Gasteiger partial charge in [-0.2, -0.15) is 0 Å². The van der Waals surface area contributed by atoms with Crippen LogP contribution < -0.4 is 0 Å². The van der Waals surface area contributed by atoms with Gasteiger partial charge in [-0.15, -0.1) is 0 Å². The predicted octanol–water partition coefficient (Wildman–Crippen LogP) is 3.11. The Kier molecular flexibility index (Phi) is 6.82. The first kappa shape index (κ1) is 14.6. The molecule has 0 aromatic heterocycles. The molecule has 0 aromatic carbocycles. The normalized spacial score (nSPS) is 14.3. The van der Waals surface area contributed by atoms with Crippen molar-refractivity contribution in [2.45, 2.75) is 59.9 Å². The minimum Gasteiger partial charge on any atom is -0.303 e. The lowest BCUT2D eigenvalue weighted by Crippen LogP contribution is -2.41. The average molecular weight is 213 g/mol. The van der Waals surface area contributed by atoms with Crippen molar-refractivity contribution in [2.75, 3.05) is 13.1 Å². The third-order valence-electron chi connectivity index (χ3n) is 2.94. The Morgan fingerprint density at radius 3 is 2.33 bits per heavy atom. The fraction of sp³-hybridized carbons (Fsp3) is 0.923. The van der Waals surface area contributed by atoms with Gasteiger partial charge in [-0.25, -0.2) is 0 Å². The first-order valence-electron chi connectivity index (χ1n) is 6.17. The highest BCUT2D eigenvalue weighted by Gasteiger charge is 2.23. The molecule has 0 N–H and O–H groups in total. The summed E-state index contributed by atoms with van der Waals surface area (Å²) >= 11 is 0. The molecule has 0 rings (SSSR count). The second kappa shape index (κ2) is 7.00. The smallest absolute Gasteiger partial charge is 0.126 e. The predicted molar refractivity (Wildman–Crippen MR) is 66.1 cm³/mol. The molecule has 0 spiro atoms. The summed E-state index contributed by atoms with van der Waals surface area (Å²) in [7, 11) is 0. The van der Waals surface area contributed by atoms with E-state index in [1.165, 1.54) is 12.8 Å². The minimum absolute atomic E-state index is 0.211. The maximum atomic E-state index is 10.9. The van der Waals surface area contributed by atoms with E-state index in [1.54, 1.807) is 0 Å². The number of hydrogen-bond acceptors (Lipinski definition) is 2. The summed E-state index contributed by atoms with van der Waals surface area (Å²) in [5.41, 5.74) is -0.211. The second-order valence-electron chi connectivity index (χ2n) is 5.19. The number of hydrogen-bond donors (Lipinski definition) is 0. The van der Waals surface area contributed by atoms with Gasteiger partial charge in [0.15, 0.2) is 0 Å². The third-order valence-corrected chi connectivity index (χ3v) is 2.94. The molecule has 15 heavy (non-hydrogen) atoms. The molecule has 0 aliphatic rings. The zero-order chi connectivity index (χ0) is 11.9. The molecule has 0 amide bonds. The first-order chi connectivity index (χ1) is 6.96. The highest BCUT2D eigenvalue weighted by atomic mass is 16.1. The van der Waals surface area contributed by atoms with Gasteiger partial charge in [-0.05, 0) is 26.3 Å². The highest BCUT2D eigenvalue weighted by Crippen LogP contribution is 2.17. The van der Waals surface area contributed by atoms with E-state index in [4.69, 9.17) is 0 Å². The number of carbonyl (C=O) groups is 1. The molecule has 0 saturated carbocycles. The number of rotatable bonds is 8. The number of unbranched alkanes of at least 4 members (excludes halogenated alkanes) is 1. The third kappa shape index (κ3) is 5.93. The molecule has 0 aliphatic heterocycles. The zero-order valence-corrected chi connectivity index (χ0v) is 11.0. The van der Waals surface area contributed by atoms with Gasteiger partial charge < -0.3 is 4.79 Å². The Hall–Kier alpha value is -0.370. The summed E-state index contributed by atoms with van der Waals surface area (Å²) in [4.78, 5) is 13.4. The van der Waals surface area contributed by atoms with Crippen LogP contribution in [0.15, 0.2) is 0 Å². The Balaban J connectivity index is 4.29. The summed E-state index contributed by atoms with van der Waals surface area (Å²) in [5.74, 6) is 0. The van der Waals surface area contributed by atoms with Crippen LogP contribution in [-0.4, -0.2) is 30.3 Å². The Morgan fingerprint density at radius 2 is 1.93 bits per heavy atom. The van der Waals surface area contributed by atoms with E-state index in [2.05, 4.69) is 25.7 Å². The molecular formula is C13H27NO. The lowest BCUT2D eigenvalue weighted by molar-refractivity contribution is -0.115. The first-order valence-corrected chi connectivity index (χ1v) is 6.17. The molecule has 0 heterocycles. The van der Waals surface area contributed by atoms with Crippen LogP contribution in [0.1, 0.15) is 53.9 Å². The molecule has 90 valence electrons. The Labute approximate surface area is 95.0 Å². The van der Waals surface area contributed by atoms with Crippen molar-refractivity contribution in [3.05, 3.63) is 0 Å². The van der Waals surface area contributed by atoms with Crippen molar-refractivity contribution in [1.29, 1.82) is 0 Å².